The summed E-state index contributed by atoms with van der Waals surface area (Å²) in [4.78, 5) is 23.0. The molecule has 27 heavy (non-hydrogen) atoms. The Balaban J connectivity index is 1.77. The molecule has 2 N–H and O–H groups in total. The van der Waals surface area contributed by atoms with Gasteiger partial charge in [-0.1, -0.05) is 36.3 Å². The number of hydrogen-bond donors (Lipinski definition) is 2. The van der Waals surface area contributed by atoms with E-state index in [1.165, 1.54) is 23.8 Å². The first-order valence-corrected chi connectivity index (χ1v) is 8.35. The van der Waals surface area contributed by atoms with Crippen LogP contribution in [0.2, 0.25) is 0 Å². The summed E-state index contributed by atoms with van der Waals surface area (Å²) in [6.45, 7) is 2.08. The molecule has 0 saturated heterocycles. The Morgan fingerprint density at radius 1 is 1.19 bits per heavy atom. The van der Waals surface area contributed by atoms with Gasteiger partial charge in [-0.3, -0.25) is 20.2 Å². The normalized spacial score (nSPS) is 10.4. The highest BCUT2D eigenvalue weighted by molar-refractivity contribution is 6.04. The monoisotopic (exact) mass is 366 g/mol. The van der Waals surface area contributed by atoms with E-state index < -0.39 is 10.8 Å². The Morgan fingerprint density at radius 3 is 2.56 bits per heavy atom. The highest BCUT2D eigenvalue weighted by Gasteiger charge is 2.18. The zero-order valence-corrected chi connectivity index (χ0v) is 14.9. The summed E-state index contributed by atoms with van der Waals surface area (Å²) in [5, 5.41) is 20.4. The van der Waals surface area contributed by atoms with Crippen LogP contribution in [-0.2, 0) is 6.42 Å². The molecule has 138 valence electrons. The van der Waals surface area contributed by atoms with Crippen molar-refractivity contribution < 1.29 is 14.2 Å². The number of aromatic nitrogens is 1. The number of nitro groups is 1. The van der Waals surface area contributed by atoms with E-state index in [0.717, 1.165) is 12.0 Å². The lowest BCUT2D eigenvalue weighted by molar-refractivity contribution is -0.384. The van der Waals surface area contributed by atoms with Crippen LogP contribution in [0.25, 0.3) is 11.3 Å². The summed E-state index contributed by atoms with van der Waals surface area (Å²) in [5.41, 5.74) is 2.96. The lowest BCUT2D eigenvalue weighted by Gasteiger charge is -2.05. The summed E-state index contributed by atoms with van der Waals surface area (Å²) in [6, 6.07) is 13.7. The second-order valence-corrected chi connectivity index (χ2v) is 5.82. The van der Waals surface area contributed by atoms with Gasteiger partial charge < -0.3 is 9.84 Å². The molecule has 8 heteroatoms. The second kappa shape index (κ2) is 7.69. The Morgan fingerprint density at radius 2 is 1.93 bits per heavy atom. The van der Waals surface area contributed by atoms with Crippen LogP contribution in [-0.4, -0.2) is 23.0 Å². The van der Waals surface area contributed by atoms with Crippen molar-refractivity contribution in [3.63, 3.8) is 0 Å². The van der Waals surface area contributed by atoms with Gasteiger partial charge in [0.15, 0.2) is 0 Å². The van der Waals surface area contributed by atoms with Crippen LogP contribution in [0.3, 0.4) is 0 Å². The first-order valence-electron chi connectivity index (χ1n) is 8.35. The van der Waals surface area contributed by atoms with Crippen molar-refractivity contribution in [3.05, 3.63) is 69.8 Å². The third-order valence-electron chi connectivity index (χ3n) is 4.13. The minimum absolute atomic E-state index is 0.144. The highest BCUT2D eigenvalue weighted by Crippen LogP contribution is 2.26. The van der Waals surface area contributed by atoms with Gasteiger partial charge in [-0.15, -0.1) is 0 Å². The summed E-state index contributed by atoms with van der Waals surface area (Å²) in [7, 11) is 1.57. The maximum Gasteiger partial charge on any atom is 0.293 e. The largest absolute Gasteiger partial charge is 0.383 e. The Kier molecular flexibility index (Phi) is 5.16. The summed E-state index contributed by atoms with van der Waals surface area (Å²) < 4.78 is 5.16. The van der Waals surface area contributed by atoms with E-state index >= 15 is 0 Å². The molecule has 8 nitrogen and oxygen atoms in total. The SMILES string of the molecule is CCc1ccc(-c2cc(NC(=O)c3ccc(NC)c([N+](=O)[O-])c3)on2)cc1. The van der Waals surface area contributed by atoms with Crippen LogP contribution >= 0.6 is 0 Å². The quantitative estimate of drug-likeness (QED) is 0.502. The van der Waals surface area contributed by atoms with E-state index in [1.54, 1.807) is 13.1 Å². The minimum Gasteiger partial charge on any atom is -0.383 e. The molecular formula is C19H18N4O4. The van der Waals surface area contributed by atoms with Gasteiger partial charge in [0.1, 0.15) is 11.4 Å². The minimum atomic E-state index is -0.546. The zero-order chi connectivity index (χ0) is 19.4. The van der Waals surface area contributed by atoms with Gasteiger partial charge in [-0.25, -0.2) is 0 Å². The number of amides is 1. The van der Waals surface area contributed by atoms with Crippen molar-refractivity contribution in [1.29, 1.82) is 0 Å². The smallest absolute Gasteiger partial charge is 0.293 e. The molecule has 0 aliphatic carbocycles. The van der Waals surface area contributed by atoms with Crippen LogP contribution in [0.4, 0.5) is 17.3 Å². The number of nitrogens with one attached hydrogen (secondary N) is 2. The highest BCUT2D eigenvalue weighted by atomic mass is 16.6. The fourth-order valence-corrected chi connectivity index (χ4v) is 2.60. The third-order valence-corrected chi connectivity index (χ3v) is 4.13. The molecule has 0 saturated carbocycles. The average Bonchev–Trinajstić information content (AvgIpc) is 3.15. The van der Waals surface area contributed by atoms with Crippen molar-refractivity contribution in [1.82, 2.24) is 5.16 Å². The van der Waals surface area contributed by atoms with E-state index in [0.29, 0.717) is 11.4 Å². The van der Waals surface area contributed by atoms with Gasteiger partial charge in [-0.05, 0) is 24.1 Å². The molecule has 0 bridgehead atoms. The molecule has 0 unspecified atom stereocenters. The summed E-state index contributed by atoms with van der Waals surface area (Å²) in [5.74, 6) is -0.361. The van der Waals surface area contributed by atoms with Crippen molar-refractivity contribution in [2.45, 2.75) is 13.3 Å². The molecule has 3 rings (SSSR count). The van der Waals surface area contributed by atoms with Crippen LogP contribution in [0.15, 0.2) is 53.1 Å². The second-order valence-electron chi connectivity index (χ2n) is 5.82. The summed E-state index contributed by atoms with van der Waals surface area (Å²) >= 11 is 0. The molecule has 0 radical (unpaired) electrons. The Labute approximate surface area is 155 Å². The molecule has 1 aromatic heterocycles. The van der Waals surface area contributed by atoms with Gasteiger partial charge in [-0.2, -0.15) is 0 Å². The van der Waals surface area contributed by atoms with Crippen LogP contribution in [0.5, 0.6) is 0 Å². The average molecular weight is 366 g/mol. The van der Waals surface area contributed by atoms with E-state index in [4.69, 9.17) is 4.52 Å². The van der Waals surface area contributed by atoms with Gasteiger partial charge >= 0.3 is 0 Å². The number of rotatable bonds is 6. The standard InChI is InChI=1S/C19H18N4O4/c1-3-12-4-6-13(7-5-12)16-11-18(27-22-16)21-19(24)14-8-9-15(20-2)17(10-14)23(25)26/h4-11,20H,3H2,1-2H3,(H,21,24). The maximum atomic E-state index is 12.4. The number of nitrogens with zero attached hydrogens (tertiary/aromatic N) is 2. The van der Waals surface area contributed by atoms with Crippen LogP contribution in [0.1, 0.15) is 22.8 Å². The molecule has 0 fully saturated rings. The Bertz CT molecular complexity index is 980. The van der Waals surface area contributed by atoms with Crippen molar-refractivity contribution in [2.75, 3.05) is 17.7 Å². The predicted octanol–water partition coefficient (Wildman–Crippen LogP) is 4.11. The first kappa shape index (κ1) is 18.1. The molecular weight excluding hydrogens is 348 g/mol. The molecule has 1 heterocycles. The molecule has 1 amide bonds. The number of carbonyl (C=O) groups excluding carboxylic acids is 1. The maximum absolute atomic E-state index is 12.4. The molecule has 0 aliphatic rings. The zero-order valence-electron chi connectivity index (χ0n) is 14.9. The number of carbonyl (C=O) groups is 1. The van der Waals surface area contributed by atoms with E-state index in [9.17, 15) is 14.9 Å². The van der Waals surface area contributed by atoms with Crippen LogP contribution < -0.4 is 10.6 Å². The number of benzene rings is 2. The number of nitro benzene ring substituents is 1. The molecule has 2 aromatic carbocycles. The van der Waals surface area contributed by atoms with Gasteiger partial charge in [0.05, 0.1) is 4.92 Å². The van der Waals surface area contributed by atoms with Crippen molar-refractivity contribution in [3.8, 4) is 11.3 Å². The first-order chi connectivity index (χ1) is 13.0. The third kappa shape index (κ3) is 3.95. The van der Waals surface area contributed by atoms with Gasteiger partial charge in [0, 0.05) is 30.3 Å². The molecule has 3 aromatic rings. The Hall–Kier alpha value is -3.68. The molecule has 0 spiro atoms. The van der Waals surface area contributed by atoms with E-state index in [-0.39, 0.29) is 17.1 Å². The number of aryl methyl sites for hydroxylation is 1. The fourth-order valence-electron chi connectivity index (χ4n) is 2.60. The number of hydrogen-bond acceptors (Lipinski definition) is 6. The fraction of sp³-hybridized carbons (Fsp3) is 0.158. The number of anilines is 2. The van der Waals surface area contributed by atoms with Crippen molar-refractivity contribution >= 4 is 23.2 Å². The van der Waals surface area contributed by atoms with E-state index in [1.807, 2.05) is 24.3 Å². The lowest BCUT2D eigenvalue weighted by atomic mass is 10.1. The summed E-state index contributed by atoms with van der Waals surface area (Å²) in [6.07, 6.45) is 0.943. The van der Waals surface area contributed by atoms with Gasteiger partial charge in [0.25, 0.3) is 11.6 Å². The lowest BCUT2D eigenvalue weighted by Crippen LogP contribution is -2.12. The molecule has 0 aliphatic heterocycles. The predicted molar refractivity (Wildman–Crippen MR) is 102 cm³/mol. The topological polar surface area (TPSA) is 110 Å². The van der Waals surface area contributed by atoms with Crippen LogP contribution in [0, 0.1) is 10.1 Å². The van der Waals surface area contributed by atoms with Gasteiger partial charge in [0.2, 0.25) is 5.88 Å². The van der Waals surface area contributed by atoms with Crippen molar-refractivity contribution in [2.24, 2.45) is 0 Å². The van der Waals surface area contributed by atoms with E-state index in [2.05, 4.69) is 22.7 Å². The molecule has 0 atom stereocenters.